The Hall–Kier alpha value is -2.06. The molecule has 0 bridgehead atoms. The van der Waals surface area contributed by atoms with Crippen LogP contribution in [0.1, 0.15) is 0 Å². The van der Waals surface area contributed by atoms with Crippen LogP contribution in [-0.2, 0) is 4.79 Å². The predicted molar refractivity (Wildman–Crippen MR) is 112 cm³/mol. The molecule has 0 aromatic heterocycles. The van der Waals surface area contributed by atoms with E-state index >= 15 is 0 Å². The number of halogens is 3. The fourth-order valence-corrected chi connectivity index (χ4v) is 3.99. The first kappa shape index (κ1) is 20.7. The highest BCUT2D eigenvalue weighted by molar-refractivity contribution is 6.42. The highest BCUT2D eigenvalue weighted by atomic mass is 35.5. The number of hydrogen-bond acceptors (Lipinski definition) is 5. The number of nitro benzene ring substituents is 1. The summed E-state index contributed by atoms with van der Waals surface area (Å²) in [6.07, 6.45) is 0. The largest absolute Gasteiger partial charge is 0.363 e. The number of rotatable bonds is 5. The van der Waals surface area contributed by atoms with Gasteiger partial charge in [-0.25, -0.2) is 0 Å². The molecule has 3 rings (SSSR count). The number of anilines is 2. The third kappa shape index (κ3) is 4.86. The summed E-state index contributed by atoms with van der Waals surface area (Å²) in [5.41, 5.74) is 1.01. The molecule has 28 heavy (non-hydrogen) atoms. The van der Waals surface area contributed by atoms with Gasteiger partial charge in [-0.05, 0) is 18.2 Å². The van der Waals surface area contributed by atoms with Gasteiger partial charge in [0.2, 0.25) is 5.91 Å². The first-order valence-corrected chi connectivity index (χ1v) is 9.63. The molecule has 148 valence electrons. The fraction of sp³-hybridized carbons (Fsp3) is 0.278. The Morgan fingerprint density at radius 1 is 1.07 bits per heavy atom. The minimum absolute atomic E-state index is 0.0840. The van der Waals surface area contributed by atoms with Gasteiger partial charge in [-0.15, -0.1) is 0 Å². The topological polar surface area (TPSA) is 78.7 Å². The lowest BCUT2D eigenvalue weighted by molar-refractivity contribution is -0.384. The van der Waals surface area contributed by atoms with E-state index in [1.54, 1.807) is 18.2 Å². The molecule has 10 heteroatoms. The van der Waals surface area contributed by atoms with Crippen LogP contribution in [0.15, 0.2) is 36.4 Å². The van der Waals surface area contributed by atoms with Crippen molar-refractivity contribution in [3.8, 4) is 0 Å². The van der Waals surface area contributed by atoms with Crippen LogP contribution < -0.4 is 10.2 Å². The molecule has 0 aliphatic carbocycles. The molecule has 0 atom stereocenters. The van der Waals surface area contributed by atoms with Crippen molar-refractivity contribution in [1.82, 2.24) is 4.90 Å². The molecule has 0 spiro atoms. The van der Waals surface area contributed by atoms with Crippen LogP contribution in [0, 0.1) is 10.1 Å². The molecule has 1 amide bonds. The lowest BCUT2D eigenvalue weighted by atomic mass is 10.2. The Kier molecular flexibility index (Phi) is 6.61. The molecule has 0 unspecified atom stereocenters. The SMILES string of the molecule is O=C(CN1CCN(c2ccccc2[N+](=O)[O-])CC1)Nc1c(Cl)cc(Cl)cc1Cl. The van der Waals surface area contributed by atoms with Crippen LogP contribution in [-0.4, -0.2) is 48.5 Å². The summed E-state index contributed by atoms with van der Waals surface area (Å²) in [5.74, 6) is -0.245. The fourth-order valence-electron chi connectivity index (χ4n) is 3.08. The Labute approximate surface area is 176 Å². The van der Waals surface area contributed by atoms with Crippen molar-refractivity contribution in [2.75, 3.05) is 42.9 Å². The van der Waals surface area contributed by atoms with Crippen molar-refractivity contribution < 1.29 is 9.72 Å². The van der Waals surface area contributed by atoms with Crippen LogP contribution >= 0.6 is 34.8 Å². The summed E-state index contributed by atoms with van der Waals surface area (Å²) in [6.45, 7) is 2.53. The summed E-state index contributed by atoms with van der Waals surface area (Å²) in [6, 6.07) is 9.68. The van der Waals surface area contributed by atoms with Crippen LogP contribution in [0.25, 0.3) is 0 Å². The van der Waals surface area contributed by atoms with Crippen molar-refractivity contribution >= 4 is 57.8 Å². The summed E-state index contributed by atoms with van der Waals surface area (Å²) < 4.78 is 0. The Morgan fingerprint density at radius 3 is 2.29 bits per heavy atom. The van der Waals surface area contributed by atoms with Gasteiger partial charge >= 0.3 is 0 Å². The monoisotopic (exact) mass is 442 g/mol. The van der Waals surface area contributed by atoms with E-state index in [1.807, 2.05) is 9.80 Å². The number of carbonyl (C=O) groups excluding carboxylic acids is 1. The van der Waals surface area contributed by atoms with Gasteiger partial charge in [-0.3, -0.25) is 19.8 Å². The van der Waals surface area contributed by atoms with Crippen molar-refractivity contribution in [3.63, 3.8) is 0 Å². The van der Waals surface area contributed by atoms with Crippen LogP contribution in [0.3, 0.4) is 0 Å². The molecule has 2 aromatic rings. The third-order valence-corrected chi connectivity index (χ3v) is 5.24. The highest BCUT2D eigenvalue weighted by Gasteiger charge is 2.24. The van der Waals surface area contributed by atoms with E-state index in [0.717, 1.165) is 0 Å². The van der Waals surface area contributed by atoms with E-state index in [4.69, 9.17) is 34.8 Å². The normalized spacial score (nSPS) is 14.8. The number of nitro groups is 1. The lowest BCUT2D eigenvalue weighted by Gasteiger charge is -2.35. The molecule has 0 saturated carbocycles. The number of benzene rings is 2. The molecule has 1 aliphatic heterocycles. The zero-order valence-electron chi connectivity index (χ0n) is 14.7. The Bertz CT molecular complexity index is 878. The second-order valence-corrected chi connectivity index (χ2v) is 7.55. The lowest BCUT2D eigenvalue weighted by Crippen LogP contribution is -2.48. The number of piperazine rings is 1. The molecular formula is C18H17Cl3N4O3. The van der Waals surface area contributed by atoms with Crippen molar-refractivity contribution in [3.05, 3.63) is 61.6 Å². The summed E-state index contributed by atoms with van der Waals surface area (Å²) in [7, 11) is 0. The smallest absolute Gasteiger partial charge is 0.292 e. The molecule has 1 heterocycles. The maximum Gasteiger partial charge on any atom is 0.292 e. The maximum absolute atomic E-state index is 12.4. The van der Waals surface area contributed by atoms with Gasteiger partial charge in [-0.2, -0.15) is 0 Å². The van der Waals surface area contributed by atoms with Crippen LogP contribution in [0.2, 0.25) is 15.1 Å². The number of nitrogens with one attached hydrogen (secondary N) is 1. The molecule has 7 nitrogen and oxygen atoms in total. The zero-order valence-corrected chi connectivity index (χ0v) is 17.0. The summed E-state index contributed by atoms with van der Waals surface area (Å²) in [4.78, 5) is 27.1. The average molecular weight is 444 g/mol. The molecule has 0 radical (unpaired) electrons. The number of nitrogens with zero attached hydrogens (tertiary/aromatic N) is 3. The van der Waals surface area contributed by atoms with Crippen molar-refractivity contribution in [2.24, 2.45) is 0 Å². The first-order valence-electron chi connectivity index (χ1n) is 8.50. The number of carbonyl (C=O) groups is 1. The average Bonchev–Trinajstić information content (AvgIpc) is 2.65. The number of amides is 1. The molecule has 1 N–H and O–H groups in total. The molecule has 2 aromatic carbocycles. The second-order valence-electron chi connectivity index (χ2n) is 6.30. The van der Waals surface area contributed by atoms with Gasteiger partial charge in [0.15, 0.2) is 0 Å². The van der Waals surface area contributed by atoms with Gasteiger partial charge in [0.1, 0.15) is 5.69 Å². The quantitative estimate of drug-likeness (QED) is 0.550. The van der Waals surface area contributed by atoms with E-state index in [9.17, 15) is 14.9 Å². The second kappa shape index (κ2) is 8.96. The van der Waals surface area contributed by atoms with E-state index in [2.05, 4.69) is 5.32 Å². The third-order valence-electron chi connectivity index (χ3n) is 4.43. The van der Waals surface area contributed by atoms with Crippen LogP contribution in [0.4, 0.5) is 17.1 Å². The standard InChI is InChI=1S/C18H17Cl3N4O3/c19-12-9-13(20)18(14(21)10-12)22-17(26)11-23-5-7-24(8-6-23)15-3-1-2-4-16(15)25(27)28/h1-4,9-10H,5-8,11H2,(H,22,26). The number of hydrogen-bond donors (Lipinski definition) is 1. The maximum atomic E-state index is 12.4. The highest BCUT2D eigenvalue weighted by Crippen LogP contribution is 2.33. The first-order chi connectivity index (χ1) is 13.3. The van der Waals surface area contributed by atoms with E-state index in [0.29, 0.717) is 42.6 Å². The number of para-hydroxylation sites is 2. The molecule has 1 fully saturated rings. The van der Waals surface area contributed by atoms with Crippen LogP contribution in [0.5, 0.6) is 0 Å². The zero-order chi connectivity index (χ0) is 20.3. The van der Waals surface area contributed by atoms with Crippen molar-refractivity contribution in [2.45, 2.75) is 0 Å². The van der Waals surface area contributed by atoms with Gasteiger partial charge in [0.25, 0.3) is 5.69 Å². The summed E-state index contributed by atoms with van der Waals surface area (Å²) in [5, 5.41) is 14.9. The van der Waals surface area contributed by atoms with Gasteiger partial charge in [0.05, 0.1) is 27.2 Å². The molecule has 1 aliphatic rings. The minimum atomic E-state index is -0.380. The predicted octanol–water partition coefficient (Wildman–Crippen LogP) is 4.32. The Balaban J connectivity index is 1.58. The molecule has 1 saturated heterocycles. The minimum Gasteiger partial charge on any atom is -0.363 e. The van der Waals surface area contributed by atoms with Crippen molar-refractivity contribution in [1.29, 1.82) is 0 Å². The van der Waals surface area contributed by atoms with Gasteiger partial charge in [-0.1, -0.05) is 46.9 Å². The van der Waals surface area contributed by atoms with E-state index < -0.39 is 0 Å². The van der Waals surface area contributed by atoms with Gasteiger partial charge < -0.3 is 10.2 Å². The Morgan fingerprint density at radius 2 is 1.68 bits per heavy atom. The van der Waals surface area contributed by atoms with E-state index in [1.165, 1.54) is 18.2 Å². The van der Waals surface area contributed by atoms with E-state index in [-0.39, 0.29) is 33.1 Å². The summed E-state index contributed by atoms with van der Waals surface area (Å²) >= 11 is 18.1. The van der Waals surface area contributed by atoms with Gasteiger partial charge in [0, 0.05) is 37.3 Å². The molecular weight excluding hydrogens is 427 g/mol.